The maximum atomic E-state index is 12.2. The first-order valence-corrected chi connectivity index (χ1v) is 9.90. The predicted molar refractivity (Wildman–Crippen MR) is 120 cm³/mol. The second kappa shape index (κ2) is 8.81. The van der Waals surface area contributed by atoms with E-state index in [2.05, 4.69) is 15.0 Å². The smallest absolute Gasteiger partial charge is 0.338 e. The molecule has 1 aromatic carbocycles. The number of aryl methyl sites for hydroxylation is 2. The molecule has 0 unspecified atom stereocenters. The molecule has 3 heterocycles. The molecule has 0 aliphatic carbocycles. The molecule has 0 radical (unpaired) electrons. The van der Waals surface area contributed by atoms with Gasteiger partial charge in [-0.05, 0) is 60.5 Å². The van der Waals surface area contributed by atoms with Crippen LogP contribution >= 0.6 is 0 Å². The number of pyridine rings is 1. The van der Waals surface area contributed by atoms with Crippen molar-refractivity contribution in [1.82, 2.24) is 15.0 Å². The molecule has 0 spiro atoms. The summed E-state index contributed by atoms with van der Waals surface area (Å²) >= 11 is 0. The Morgan fingerprint density at radius 1 is 1.09 bits per heavy atom. The quantitative estimate of drug-likeness (QED) is 0.421. The van der Waals surface area contributed by atoms with Crippen molar-refractivity contribution in [3.05, 3.63) is 77.4 Å². The van der Waals surface area contributed by atoms with Crippen molar-refractivity contribution in [1.29, 1.82) is 0 Å². The van der Waals surface area contributed by atoms with E-state index >= 15 is 0 Å². The number of hydrogen-bond donors (Lipinski definition) is 2. The highest BCUT2D eigenvalue weighted by atomic mass is 16.4. The van der Waals surface area contributed by atoms with Gasteiger partial charge in [-0.3, -0.25) is 4.79 Å². The molecule has 8 nitrogen and oxygen atoms in total. The number of carboxylic acid groups (broad SMARTS) is 1. The maximum absolute atomic E-state index is 12.2. The van der Waals surface area contributed by atoms with Gasteiger partial charge in [-0.1, -0.05) is 0 Å². The number of carbonyl (C=O) groups is 2. The summed E-state index contributed by atoms with van der Waals surface area (Å²) in [6, 6.07) is 9.16. The van der Waals surface area contributed by atoms with Crippen molar-refractivity contribution >= 4 is 34.6 Å². The van der Waals surface area contributed by atoms with Crippen LogP contribution in [0.25, 0.3) is 28.4 Å². The van der Waals surface area contributed by atoms with E-state index in [9.17, 15) is 9.59 Å². The number of nitrogens with two attached hydrogens (primary N) is 1. The van der Waals surface area contributed by atoms with Gasteiger partial charge < -0.3 is 15.3 Å². The summed E-state index contributed by atoms with van der Waals surface area (Å²) in [5.41, 5.74) is 8.79. The Hall–Kier alpha value is -4.33. The Bertz CT molecular complexity index is 1320. The number of ketones is 1. The van der Waals surface area contributed by atoms with Gasteiger partial charge >= 0.3 is 5.97 Å². The monoisotopic (exact) mass is 428 g/mol. The highest BCUT2D eigenvalue weighted by Crippen LogP contribution is 2.29. The van der Waals surface area contributed by atoms with Gasteiger partial charge in [-0.2, -0.15) is 0 Å². The van der Waals surface area contributed by atoms with E-state index in [0.717, 1.165) is 27.7 Å². The molecule has 4 aromatic rings. The van der Waals surface area contributed by atoms with Crippen molar-refractivity contribution in [3.63, 3.8) is 0 Å². The first-order valence-electron chi connectivity index (χ1n) is 9.90. The summed E-state index contributed by atoms with van der Waals surface area (Å²) in [6.07, 6.45) is 8.18. The molecule has 32 heavy (non-hydrogen) atoms. The molecule has 8 heteroatoms. The number of carboxylic acids is 1. The SMILES string of the molecule is Cc1cc(-c2ncc(C(=O)O)cn2)cc2cc(CCC(=O)/C=C/c3ccc(N)nc3)oc12. The number of anilines is 1. The van der Waals surface area contributed by atoms with Gasteiger partial charge in [-0.15, -0.1) is 0 Å². The Kier molecular flexibility index (Phi) is 5.76. The maximum Gasteiger partial charge on any atom is 0.338 e. The van der Waals surface area contributed by atoms with Gasteiger partial charge in [0, 0.05) is 42.4 Å². The highest BCUT2D eigenvalue weighted by Gasteiger charge is 2.12. The largest absolute Gasteiger partial charge is 0.478 e. The molecule has 0 aliphatic heterocycles. The van der Waals surface area contributed by atoms with E-state index in [1.165, 1.54) is 18.5 Å². The molecule has 0 saturated carbocycles. The van der Waals surface area contributed by atoms with Crippen LogP contribution in [0.2, 0.25) is 0 Å². The fourth-order valence-electron chi connectivity index (χ4n) is 3.26. The zero-order valence-electron chi connectivity index (χ0n) is 17.3. The van der Waals surface area contributed by atoms with Crippen molar-refractivity contribution < 1.29 is 19.1 Å². The van der Waals surface area contributed by atoms with E-state index in [1.807, 2.05) is 25.1 Å². The van der Waals surface area contributed by atoms with Crippen LogP contribution in [0.5, 0.6) is 0 Å². The number of rotatable bonds is 7. The van der Waals surface area contributed by atoms with Gasteiger partial charge in [0.2, 0.25) is 0 Å². The molecule has 0 atom stereocenters. The molecule has 0 amide bonds. The molecule has 0 saturated heterocycles. The van der Waals surface area contributed by atoms with Crippen LogP contribution in [0.3, 0.4) is 0 Å². The third-order valence-corrected chi connectivity index (χ3v) is 4.90. The number of allylic oxidation sites excluding steroid dienone is 1. The van der Waals surface area contributed by atoms with Crippen LogP contribution in [-0.2, 0) is 11.2 Å². The van der Waals surface area contributed by atoms with Gasteiger partial charge in [0.25, 0.3) is 0 Å². The number of furan rings is 1. The van der Waals surface area contributed by atoms with E-state index in [4.69, 9.17) is 15.3 Å². The number of benzene rings is 1. The lowest BCUT2D eigenvalue weighted by Gasteiger charge is -2.03. The summed E-state index contributed by atoms with van der Waals surface area (Å²) in [4.78, 5) is 35.5. The van der Waals surface area contributed by atoms with Crippen LogP contribution in [0.4, 0.5) is 5.82 Å². The number of aromatic carboxylic acids is 1. The van der Waals surface area contributed by atoms with Crippen molar-refractivity contribution in [2.75, 3.05) is 5.73 Å². The van der Waals surface area contributed by atoms with Crippen LogP contribution < -0.4 is 5.73 Å². The third-order valence-electron chi connectivity index (χ3n) is 4.90. The summed E-state index contributed by atoms with van der Waals surface area (Å²) in [5.74, 6) is 0.475. The molecule has 160 valence electrons. The van der Waals surface area contributed by atoms with Crippen LogP contribution in [-0.4, -0.2) is 31.8 Å². The average Bonchev–Trinajstić information content (AvgIpc) is 3.21. The molecule has 0 aliphatic rings. The van der Waals surface area contributed by atoms with Crippen LogP contribution in [0, 0.1) is 6.92 Å². The number of aromatic nitrogens is 3. The zero-order chi connectivity index (χ0) is 22.7. The second-order valence-electron chi connectivity index (χ2n) is 7.34. The predicted octanol–water partition coefficient (Wildman–Crippen LogP) is 4.09. The van der Waals surface area contributed by atoms with E-state index < -0.39 is 5.97 Å². The fourth-order valence-corrected chi connectivity index (χ4v) is 3.26. The summed E-state index contributed by atoms with van der Waals surface area (Å²) in [5, 5.41) is 9.87. The number of nitrogens with zero attached hydrogens (tertiary/aromatic N) is 3. The Morgan fingerprint density at radius 3 is 2.56 bits per heavy atom. The molecule has 0 bridgehead atoms. The Balaban J connectivity index is 1.47. The minimum atomic E-state index is -1.07. The Morgan fingerprint density at radius 2 is 1.88 bits per heavy atom. The van der Waals surface area contributed by atoms with Gasteiger partial charge in [0.15, 0.2) is 11.6 Å². The summed E-state index contributed by atoms with van der Waals surface area (Å²) in [7, 11) is 0. The first-order chi connectivity index (χ1) is 15.4. The van der Waals surface area contributed by atoms with Crippen molar-refractivity contribution in [2.45, 2.75) is 19.8 Å². The minimum absolute atomic E-state index is 0.0217. The minimum Gasteiger partial charge on any atom is -0.478 e. The van der Waals surface area contributed by atoms with Gasteiger partial charge in [0.05, 0.1) is 5.56 Å². The lowest BCUT2D eigenvalue weighted by molar-refractivity contribution is -0.114. The van der Waals surface area contributed by atoms with Crippen LogP contribution in [0.1, 0.15) is 33.7 Å². The number of fused-ring (bicyclic) bond motifs is 1. The molecule has 4 rings (SSSR count). The molecular formula is C24H20N4O4. The van der Waals surface area contributed by atoms with E-state index in [0.29, 0.717) is 30.2 Å². The standard InChI is InChI=1S/C24H20N4O4/c1-14-8-17(23-27-12-18(13-28-23)24(30)31)9-16-10-20(32-22(14)16)6-5-19(29)4-2-15-3-7-21(25)26-11-15/h2-4,7-13H,5-6H2,1H3,(H2,25,26)(H,30,31)/b4-2+. The zero-order valence-corrected chi connectivity index (χ0v) is 17.3. The fraction of sp³-hybridized carbons (Fsp3) is 0.125. The van der Waals surface area contributed by atoms with E-state index in [1.54, 1.807) is 24.4 Å². The summed E-state index contributed by atoms with van der Waals surface area (Å²) < 4.78 is 5.95. The van der Waals surface area contributed by atoms with Gasteiger partial charge in [0.1, 0.15) is 17.2 Å². The molecular weight excluding hydrogens is 408 g/mol. The highest BCUT2D eigenvalue weighted by molar-refractivity contribution is 5.93. The Labute approximate surface area is 183 Å². The first kappa shape index (κ1) is 20.9. The lowest BCUT2D eigenvalue weighted by Crippen LogP contribution is -1.99. The van der Waals surface area contributed by atoms with Gasteiger partial charge in [-0.25, -0.2) is 19.7 Å². The van der Waals surface area contributed by atoms with Crippen molar-refractivity contribution in [2.24, 2.45) is 0 Å². The number of nitrogen functional groups attached to an aromatic ring is 1. The lowest BCUT2D eigenvalue weighted by atomic mass is 10.1. The van der Waals surface area contributed by atoms with E-state index in [-0.39, 0.29) is 11.3 Å². The number of carbonyl (C=O) groups excluding carboxylic acids is 1. The topological polar surface area (TPSA) is 132 Å². The normalized spacial score (nSPS) is 11.3. The summed E-state index contributed by atoms with van der Waals surface area (Å²) in [6.45, 7) is 1.92. The second-order valence-corrected chi connectivity index (χ2v) is 7.34. The van der Waals surface area contributed by atoms with Crippen molar-refractivity contribution in [3.8, 4) is 11.4 Å². The van der Waals surface area contributed by atoms with Crippen LogP contribution in [0.15, 0.2) is 59.4 Å². The molecule has 3 aromatic heterocycles. The third kappa shape index (κ3) is 4.70. The molecule has 3 N–H and O–H groups in total. The number of hydrogen-bond acceptors (Lipinski definition) is 7. The average molecular weight is 428 g/mol. The molecule has 0 fully saturated rings.